The van der Waals surface area contributed by atoms with Gasteiger partial charge in [0.05, 0.1) is 18.6 Å². The van der Waals surface area contributed by atoms with Crippen LogP contribution in [-0.2, 0) is 11.3 Å². The lowest BCUT2D eigenvalue weighted by Gasteiger charge is -2.04. The van der Waals surface area contributed by atoms with E-state index in [9.17, 15) is 4.79 Å². The van der Waals surface area contributed by atoms with E-state index < -0.39 is 0 Å². The summed E-state index contributed by atoms with van der Waals surface area (Å²) in [6.45, 7) is 0.504. The molecule has 0 aliphatic rings. The van der Waals surface area contributed by atoms with Crippen molar-refractivity contribution in [1.29, 1.82) is 0 Å². The van der Waals surface area contributed by atoms with Crippen molar-refractivity contribution >= 4 is 33.0 Å². The molecule has 0 spiro atoms. The van der Waals surface area contributed by atoms with Crippen molar-refractivity contribution in [1.82, 2.24) is 0 Å². The van der Waals surface area contributed by atoms with Gasteiger partial charge in [0.15, 0.2) is 5.78 Å². The minimum atomic E-state index is -0.00427. The summed E-state index contributed by atoms with van der Waals surface area (Å²) in [6, 6.07) is 9.45. The van der Waals surface area contributed by atoms with Gasteiger partial charge in [0.25, 0.3) is 0 Å². The largest absolute Gasteiger partial charge is 0.497 e. The number of rotatable bonds is 6. The summed E-state index contributed by atoms with van der Waals surface area (Å²) in [5.41, 5.74) is 1.01. The summed E-state index contributed by atoms with van der Waals surface area (Å²) in [6.07, 6.45) is 0. The quantitative estimate of drug-likeness (QED) is 0.747. The van der Waals surface area contributed by atoms with Crippen molar-refractivity contribution in [2.75, 3.05) is 13.7 Å². The zero-order valence-electron chi connectivity index (χ0n) is 10.4. The monoisotopic (exact) mass is 340 g/mol. The van der Waals surface area contributed by atoms with Crippen LogP contribution in [0.15, 0.2) is 40.2 Å². The molecular formula is C14H13BrO3S. The Morgan fingerprint density at radius 1 is 1.26 bits per heavy atom. The summed E-state index contributed by atoms with van der Waals surface area (Å²) in [5.74, 6) is 0.803. The lowest BCUT2D eigenvalue weighted by molar-refractivity contribution is 0.0730. The van der Waals surface area contributed by atoms with E-state index in [4.69, 9.17) is 9.47 Å². The van der Waals surface area contributed by atoms with Gasteiger partial charge in [-0.1, -0.05) is 12.1 Å². The first-order valence-corrected chi connectivity index (χ1v) is 7.35. The number of halogens is 1. The standard InChI is InChI=1S/C14H13BrO3S/c1-17-11-4-2-10(3-5-11)8-18-9-13(16)14-12(15)6-7-19-14/h2-7H,8-9H2,1H3. The average molecular weight is 341 g/mol. The van der Waals surface area contributed by atoms with Crippen molar-refractivity contribution < 1.29 is 14.3 Å². The molecule has 0 fully saturated rings. The molecule has 0 bridgehead atoms. The molecule has 0 unspecified atom stereocenters. The van der Waals surface area contributed by atoms with Crippen LogP contribution < -0.4 is 4.74 Å². The number of hydrogen-bond donors (Lipinski definition) is 0. The molecule has 2 aromatic rings. The number of Topliss-reactive ketones (excluding diaryl/α,β-unsaturated/α-hetero) is 1. The van der Waals surface area contributed by atoms with Gasteiger partial charge >= 0.3 is 0 Å². The highest BCUT2D eigenvalue weighted by atomic mass is 79.9. The van der Waals surface area contributed by atoms with E-state index in [0.29, 0.717) is 11.5 Å². The topological polar surface area (TPSA) is 35.5 Å². The highest BCUT2D eigenvalue weighted by molar-refractivity contribution is 9.10. The number of carbonyl (C=O) groups is 1. The fourth-order valence-electron chi connectivity index (χ4n) is 1.54. The van der Waals surface area contributed by atoms with Crippen LogP contribution in [0.4, 0.5) is 0 Å². The molecule has 100 valence electrons. The molecule has 0 saturated heterocycles. The predicted molar refractivity (Wildman–Crippen MR) is 79.0 cm³/mol. The summed E-state index contributed by atoms with van der Waals surface area (Å²) < 4.78 is 11.3. The molecule has 0 aliphatic carbocycles. The van der Waals surface area contributed by atoms with Crippen molar-refractivity contribution in [3.8, 4) is 5.75 Å². The summed E-state index contributed by atoms with van der Waals surface area (Å²) in [4.78, 5) is 12.6. The summed E-state index contributed by atoms with van der Waals surface area (Å²) in [5, 5.41) is 1.88. The van der Waals surface area contributed by atoms with E-state index in [1.165, 1.54) is 11.3 Å². The first-order valence-electron chi connectivity index (χ1n) is 5.67. The van der Waals surface area contributed by atoms with E-state index in [1.54, 1.807) is 7.11 Å². The van der Waals surface area contributed by atoms with Gasteiger partial charge < -0.3 is 9.47 Å². The normalized spacial score (nSPS) is 10.4. The van der Waals surface area contributed by atoms with E-state index in [0.717, 1.165) is 15.8 Å². The Morgan fingerprint density at radius 2 is 2.00 bits per heavy atom. The second-order valence-electron chi connectivity index (χ2n) is 3.86. The van der Waals surface area contributed by atoms with Crippen LogP contribution in [0.2, 0.25) is 0 Å². The van der Waals surface area contributed by atoms with Crippen LogP contribution in [0.1, 0.15) is 15.2 Å². The molecule has 0 N–H and O–H groups in total. The molecule has 1 heterocycles. The van der Waals surface area contributed by atoms with Gasteiger partial charge in [0.1, 0.15) is 12.4 Å². The fraction of sp³-hybridized carbons (Fsp3) is 0.214. The van der Waals surface area contributed by atoms with E-state index in [1.807, 2.05) is 35.7 Å². The van der Waals surface area contributed by atoms with Crippen LogP contribution in [0.3, 0.4) is 0 Å². The number of ketones is 1. The molecule has 0 atom stereocenters. The molecule has 2 rings (SSSR count). The van der Waals surface area contributed by atoms with Gasteiger partial charge in [-0.2, -0.15) is 0 Å². The lowest BCUT2D eigenvalue weighted by Crippen LogP contribution is -2.08. The van der Waals surface area contributed by atoms with Gasteiger partial charge in [-0.05, 0) is 45.1 Å². The van der Waals surface area contributed by atoms with Gasteiger partial charge in [-0.25, -0.2) is 0 Å². The third kappa shape index (κ3) is 3.89. The third-order valence-corrected chi connectivity index (χ3v) is 4.41. The number of methoxy groups -OCH3 is 1. The zero-order chi connectivity index (χ0) is 13.7. The van der Waals surface area contributed by atoms with Crippen molar-refractivity contribution in [2.24, 2.45) is 0 Å². The van der Waals surface area contributed by atoms with Gasteiger partial charge in [-0.15, -0.1) is 11.3 Å². The molecule has 0 aliphatic heterocycles. The maximum atomic E-state index is 11.9. The first kappa shape index (κ1) is 14.2. The van der Waals surface area contributed by atoms with Crippen LogP contribution in [0, 0.1) is 0 Å². The molecular weight excluding hydrogens is 328 g/mol. The molecule has 0 amide bonds. The molecule has 3 nitrogen and oxygen atoms in total. The molecule has 19 heavy (non-hydrogen) atoms. The average Bonchev–Trinajstić information content (AvgIpc) is 2.86. The van der Waals surface area contributed by atoms with Crippen LogP contribution in [-0.4, -0.2) is 19.5 Å². The van der Waals surface area contributed by atoms with Crippen LogP contribution >= 0.6 is 27.3 Å². The fourth-order valence-corrected chi connectivity index (χ4v) is 3.06. The van der Waals surface area contributed by atoms with Crippen molar-refractivity contribution in [3.05, 3.63) is 50.6 Å². The highest BCUT2D eigenvalue weighted by Crippen LogP contribution is 2.23. The predicted octanol–water partition coefficient (Wildman–Crippen LogP) is 3.92. The first-order chi connectivity index (χ1) is 9.20. The summed E-state index contributed by atoms with van der Waals surface area (Å²) in [7, 11) is 1.63. The Kier molecular flexibility index (Phi) is 5.13. The Hall–Kier alpha value is -1.17. The minimum absolute atomic E-state index is 0.00427. The minimum Gasteiger partial charge on any atom is -0.497 e. The van der Waals surface area contributed by atoms with Gasteiger partial charge in [0.2, 0.25) is 0 Å². The molecule has 0 saturated carbocycles. The van der Waals surface area contributed by atoms with Crippen LogP contribution in [0.5, 0.6) is 5.75 Å². The second kappa shape index (κ2) is 6.84. The van der Waals surface area contributed by atoms with E-state index in [-0.39, 0.29) is 12.4 Å². The second-order valence-corrected chi connectivity index (χ2v) is 5.63. The van der Waals surface area contributed by atoms with E-state index in [2.05, 4.69) is 15.9 Å². The number of thiophene rings is 1. The SMILES string of the molecule is COc1ccc(COCC(=O)c2sccc2Br)cc1. The maximum Gasteiger partial charge on any atom is 0.199 e. The Balaban J connectivity index is 1.83. The summed E-state index contributed by atoms with van der Waals surface area (Å²) >= 11 is 4.76. The number of benzene rings is 1. The van der Waals surface area contributed by atoms with Gasteiger partial charge in [-0.3, -0.25) is 4.79 Å². The van der Waals surface area contributed by atoms with Gasteiger partial charge in [0, 0.05) is 4.47 Å². The number of carbonyl (C=O) groups excluding carboxylic acids is 1. The molecule has 5 heteroatoms. The van der Waals surface area contributed by atoms with Crippen LogP contribution in [0.25, 0.3) is 0 Å². The highest BCUT2D eigenvalue weighted by Gasteiger charge is 2.11. The lowest BCUT2D eigenvalue weighted by atomic mass is 10.2. The Bertz CT molecular complexity index is 548. The molecule has 1 aromatic carbocycles. The van der Waals surface area contributed by atoms with E-state index >= 15 is 0 Å². The van der Waals surface area contributed by atoms with Crippen molar-refractivity contribution in [2.45, 2.75) is 6.61 Å². The third-order valence-electron chi connectivity index (χ3n) is 2.53. The maximum absolute atomic E-state index is 11.9. The number of ether oxygens (including phenoxy) is 2. The van der Waals surface area contributed by atoms with Crippen molar-refractivity contribution in [3.63, 3.8) is 0 Å². The Morgan fingerprint density at radius 3 is 2.58 bits per heavy atom. The Labute approximate surface area is 124 Å². The molecule has 1 aromatic heterocycles. The molecule has 0 radical (unpaired) electrons. The number of hydrogen-bond acceptors (Lipinski definition) is 4. The smallest absolute Gasteiger partial charge is 0.199 e. The zero-order valence-corrected chi connectivity index (χ0v) is 12.8.